The molecule has 0 saturated carbocycles. The van der Waals surface area contributed by atoms with E-state index in [0.29, 0.717) is 28.1 Å². The van der Waals surface area contributed by atoms with Crippen molar-refractivity contribution in [1.29, 1.82) is 0 Å². The van der Waals surface area contributed by atoms with Gasteiger partial charge in [0.05, 0.1) is 11.4 Å². The third-order valence-corrected chi connectivity index (χ3v) is 6.27. The Balaban J connectivity index is 1.47. The van der Waals surface area contributed by atoms with Gasteiger partial charge in [0.25, 0.3) is 5.91 Å². The zero-order valence-corrected chi connectivity index (χ0v) is 20.9. The molecule has 0 unspecified atom stereocenters. The van der Waals surface area contributed by atoms with Crippen LogP contribution in [0.1, 0.15) is 24.5 Å². The molecule has 1 amide bonds. The molecular formula is C30H24FN3O5. The Morgan fingerprint density at radius 2 is 1.77 bits per heavy atom. The summed E-state index contributed by atoms with van der Waals surface area (Å²) in [6, 6.07) is 22.7. The molecule has 0 radical (unpaired) electrons. The summed E-state index contributed by atoms with van der Waals surface area (Å²) in [5.74, 6) is -0.994. The van der Waals surface area contributed by atoms with E-state index in [1.54, 1.807) is 30.3 Å². The average molecular weight is 526 g/mol. The number of nitrogens with one attached hydrogen (secondary N) is 1. The van der Waals surface area contributed by atoms with Gasteiger partial charge in [0.1, 0.15) is 17.3 Å². The van der Waals surface area contributed by atoms with Crippen LogP contribution in [0.3, 0.4) is 0 Å². The van der Waals surface area contributed by atoms with E-state index in [1.165, 1.54) is 35.2 Å². The number of rotatable bonds is 7. The number of fused-ring (bicyclic) bond motifs is 1. The number of benzene rings is 4. The Hall–Kier alpha value is -5.18. The molecular weight excluding hydrogens is 501 g/mol. The van der Waals surface area contributed by atoms with Gasteiger partial charge in [0.2, 0.25) is 0 Å². The number of phenolic OH excluding ortho intramolecular Hbond substituents is 1. The van der Waals surface area contributed by atoms with Crippen molar-refractivity contribution in [3.8, 4) is 22.6 Å². The quantitative estimate of drug-likeness (QED) is 0.107. The van der Waals surface area contributed by atoms with Crippen LogP contribution in [0, 0.1) is 5.82 Å². The summed E-state index contributed by atoms with van der Waals surface area (Å²) in [7, 11) is 0. The molecule has 0 bridgehead atoms. The number of carbonyl (C=O) groups excluding carboxylic acids is 1. The van der Waals surface area contributed by atoms with Gasteiger partial charge in [-0.15, -0.1) is 0 Å². The van der Waals surface area contributed by atoms with E-state index in [-0.39, 0.29) is 22.9 Å². The molecule has 9 heteroatoms. The van der Waals surface area contributed by atoms with Crippen LogP contribution >= 0.6 is 0 Å². The number of aromatic hydroxyl groups is 1. The molecule has 0 aliphatic carbocycles. The van der Waals surface area contributed by atoms with Gasteiger partial charge in [-0.3, -0.25) is 15.1 Å². The van der Waals surface area contributed by atoms with Gasteiger partial charge >= 0.3 is 6.16 Å². The van der Waals surface area contributed by atoms with Crippen molar-refractivity contribution in [2.24, 2.45) is 5.10 Å². The van der Waals surface area contributed by atoms with Crippen molar-refractivity contribution in [2.75, 3.05) is 10.3 Å². The molecule has 196 valence electrons. The van der Waals surface area contributed by atoms with E-state index >= 15 is 0 Å². The highest BCUT2D eigenvalue weighted by Gasteiger charge is 2.35. The van der Waals surface area contributed by atoms with Gasteiger partial charge in [-0.05, 0) is 66.1 Å². The largest absolute Gasteiger partial charge is 0.511 e. The molecule has 0 saturated heterocycles. The second-order valence-corrected chi connectivity index (χ2v) is 8.89. The molecule has 0 fully saturated rings. The highest BCUT2D eigenvalue weighted by Crippen LogP contribution is 2.39. The Labute approximate surface area is 223 Å². The molecule has 8 nitrogen and oxygen atoms in total. The average Bonchev–Trinajstić information content (AvgIpc) is 3.18. The normalized spacial score (nSPS) is 13.4. The lowest BCUT2D eigenvalue weighted by molar-refractivity contribution is -0.111. The van der Waals surface area contributed by atoms with Crippen molar-refractivity contribution >= 4 is 34.8 Å². The first-order valence-electron chi connectivity index (χ1n) is 12.3. The highest BCUT2D eigenvalue weighted by molar-refractivity contribution is 6.55. The number of halogens is 1. The lowest BCUT2D eigenvalue weighted by Crippen LogP contribution is -2.26. The number of amides is 1. The van der Waals surface area contributed by atoms with Gasteiger partial charge in [-0.25, -0.2) is 9.18 Å². The summed E-state index contributed by atoms with van der Waals surface area (Å²) in [6.45, 7) is 2.09. The third kappa shape index (κ3) is 5.15. The number of nitrogens with zero attached hydrogens (tertiary/aromatic N) is 2. The van der Waals surface area contributed by atoms with Crippen molar-refractivity contribution in [2.45, 2.75) is 19.8 Å². The Bertz CT molecular complexity index is 1600. The fraction of sp³-hybridized carbons (Fsp3) is 0.100. The Morgan fingerprint density at radius 3 is 2.51 bits per heavy atom. The zero-order valence-electron chi connectivity index (χ0n) is 20.9. The number of hydrogen-bond donors (Lipinski definition) is 3. The maximum atomic E-state index is 14.2. The molecule has 0 aromatic heterocycles. The monoisotopic (exact) mass is 525 g/mol. The fourth-order valence-corrected chi connectivity index (χ4v) is 4.50. The maximum absolute atomic E-state index is 14.2. The van der Waals surface area contributed by atoms with Gasteiger partial charge in [-0.2, -0.15) is 5.10 Å². The minimum Gasteiger partial charge on any atom is -0.505 e. The van der Waals surface area contributed by atoms with Crippen LogP contribution in [-0.4, -0.2) is 28.0 Å². The summed E-state index contributed by atoms with van der Waals surface area (Å²) < 4.78 is 18.9. The lowest BCUT2D eigenvalue weighted by Gasteiger charge is -2.17. The van der Waals surface area contributed by atoms with Gasteiger partial charge < -0.3 is 14.9 Å². The van der Waals surface area contributed by atoms with Crippen molar-refractivity contribution in [3.05, 3.63) is 102 Å². The molecule has 0 spiro atoms. The Kier molecular flexibility index (Phi) is 6.96. The van der Waals surface area contributed by atoms with Gasteiger partial charge in [-0.1, -0.05) is 49.7 Å². The minimum absolute atomic E-state index is 0.0595. The molecule has 3 N–H and O–H groups in total. The van der Waals surface area contributed by atoms with E-state index < -0.39 is 17.9 Å². The minimum atomic E-state index is -1.45. The van der Waals surface area contributed by atoms with Crippen molar-refractivity contribution < 1.29 is 28.9 Å². The molecule has 1 heterocycles. The summed E-state index contributed by atoms with van der Waals surface area (Å²) in [4.78, 5) is 25.8. The van der Waals surface area contributed by atoms with E-state index in [4.69, 9.17) is 9.84 Å². The molecule has 0 atom stereocenters. The van der Waals surface area contributed by atoms with Crippen LogP contribution in [0.2, 0.25) is 0 Å². The van der Waals surface area contributed by atoms with Crippen LogP contribution in [0.4, 0.5) is 26.2 Å². The summed E-state index contributed by atoms with van der Waals surface area (Å²) in [5, 5.41) is 24.1. The number of carboxylic acid groups (broad SMARTS) is 1. The maximum Gasteiger partial charge on any atom is 0.511 e. The first-order chi connectivity index (χ1) is 18.9. The number of hydrazone groups is 1. The van der Waals surface area contributed by atoms with E-state index in [0.717, 1.165) is 18.4 Å². The molecule has 5 rings (SSSR count). The molecule has 4 aromatic rings. The standard InChI is InChI=1S/C30H24FN3O5/c1-2-5-18-10-13-21(14-11-18)34-26-17-20(31)12-15-24(26)27(29(34)36)33-32-25-9-4-8-23(28(25)35)19-6-3-7-22(16-19)39-30(37)38/h3-4,6-17,32,35H,2,5H2,1H3,(H,37,38). The molecule has 1 aliphatic heterocycles. The predicted octanol–water partition coefficient (Wildman–Crippen LogP) is 6.70. The summed E-state index contributed by atoms with van der Waals surface area (Å²) in [5.41, 5.74) is 6.49. The van der Waals surface area contributed by atoms with Crippen LogP contribution in [0.15, 0.2) is 90.0 Å². The lowest BCUT2D eigenvalue weighted by atomic mass is 10.0. The van der Waals surface area contributed by atoms with Gasteiger partial charge in [0, 0.05) is 16.8 Å². The van der Waals surface area contributed by atoms with Crippen LogP contribution in [0.5, 0.6) is 11.5 Å². The third-order valence-electron chi connectivity index (χ3n) is 6.27. The number of para-hydroxylation sites is 1. The number of anilines is 3. The summed E-state index contributed by atoms with van der Waals surface area (Å²) >= 11 is 0. The van der Waals surface area contributed by atoms with Crippen molar-refractivity contribution in [3.63, 3.8) is 0 Å². The first-order valence-corrected chi connectivity index (χ1v) is 12.3. The zero-order chi connectivity index (χ0) is 27.5. The van der Waals surface area contributed by atoms with Crippen molar-refractivity contribution in [1.82, 2.24) is 0 Å². The second kappa shape index (κ2) is 10.7. The molecule has 4 aromatic carbocycles. The predicted molar refractivity (Wildman–Crippen MR) is 146 cm³/mol. The van der Waals surface area contributed by atoms with Gasteiger partial charge in [0.15, 0.2) is 5.71 Å². The number of hydrogen-bond acceptors (Lipinski definition) is 6. The highest BCUT2D eigenvalue weighted by atomic mass is 19.1. The number of aryl methyl sites for hydroxylation is 1. The van der Waals surface area contributed by atoms with E-state index in [9.17, 15) is 19.1 Å². The summed E-state index contributed by atoms with van der Waals surface area (Å²) in [6.07, 6.45) is 0.457. The van der Waals surface area contributed by atoms with Crippen LogP contribution < -0.4 is 15.1 Å². The smallest absolute Gasteiger partial charge is 0.505 e. The molecule has 39 heavy (non-hydrogen) atoms. The SMILES string of the molecule is CCCc1ccc(N2C(=O)C(=NNc3cccc(-c4cccc(OC(=O)O)c4)c3O)c3ccc(F)cc32)cc1. The van der Waals surface area contributed by atoms with Crippen LogP contribution in [0.25, 0.3) is 11.1 Å². The number of phenols is 1. The van der Waals surface area contributed by atoms with E-state index in [2.05, 4.69) is 17.5 Å². The first kappa shape index (κ1) is 25.5. The topological polar surface area (TPSA) is 111 Å². The molecule has 1 aliphatic rings. The number of carbonyl (C=O) groups is 2. The van der Waals surface area contributed by atoms with E-state index in [1.807, 2.05) is 24.3 Å². The second-order valence-electron chi connectivity index (χ2n) is 8.89. The van der Waals surface area contributed by atoms with Crippen LogP contribution in [-0.2, 0) is 11.2 Å². The number of ether oxygens (including phenoxy) is 1. The Morgan fingerprint density at radius 1 is 1.00 bits per heavy atom. The fourth-order valence-electron chi connectivity index (χ4n) is 4.50.